The van der Waals surface area contributed by atoms with Crippen LogP contribution in [0.25, 0.3) is 0 Å². The summed E-state index contributed by atoms with van der Waals surface area (Å²) in [5, 5.41) is 11.8. The highest BCUT2D eigenvalue weighted by atomic mass is 16.3. The molecule has 1 saturated heterocycles. The molecule has 1 N–H and O–H groups in total. The molecular weight excluding hydrogens is 284 g/mol. The first-order valence-corrected chi connectivity index (χ1v) is 8.38. The predicted molar refractivity (Wildman–Crippen MR) is 94.4 cm³/mol. The quantitative estimate of drug-likeness (QED) is 0.940. The van der Waals surface area contributed by atoms with Gasteiger partial charge in [0.15, 0.2) is 0 Å². The molecule has 2 aromatic carbocycles. The number of rotatable bonds is 4. The summed E-state index contributed by atoms with van der Waals surface area (Å²) in [6, 6.07) is 20.1. The molecule has 3 heteroatoms. The lowest BCUT2D eigenvalue weighted by atomic mass is 9.80. The van der Waals surface area contributed by atoms with Crippen LogP contribution in [0.1, 0.15) is 18.1 Å². The number of hydrogen-bond acceptors (Lipinski definition) is 3. The third-order valence-electron chi connectivity index (χ3n) is 5.12. The van der Waals surface area contributed by atoms with E-state index in [1.54, 1.807) is 0 Å². The van der Waals surface area contributed by atoms with Crippen molar-refractivity contribution in [3.63, 3.8) is 0 Å². The Balaban J connectivity index is 1.99. The topological polar surface area (TPSA) is 26.7 Å². The first kappa shape index (κ1) is 16.2. The van der Waals surface area contributed by atoms with Gasteiger partial charge in [0, 0.05) is 32.2 Å². The Morgan fingerprint density at radius 1 is 0.826 bits per heavy atom. The lowest BCUT2D eigenvalue weighted by molar-refractivity contribution is -0.0272. The van der Waals surface area contributed by atoms with Gasteiger partial charge in [-0.05, 0) is 25.1 Å². The van der Waals surface area contributed by atoms with Gasteiger partial charge in [-0.15, -0.1) is 0 Å². The fourth-order valence-corrected chi connectivity index (χ4v) is 3.51. The Bertz CT molecular complexity index is 567. The maximum absolute atomic E-state index is 11.8. The molecule has 1 fully saturated rings. The van der Waals surface area contributed by atoms with Crippen molar-refractivity contribution >= 4 is 0 Å². The lowest BCUT2D eigenvalue weighted by Crippen LogP contribution is -2.55. The third-order valence-corrected chi connectivity index (χ3v) is 5.12. The van der Waals surface area contributed by atoms with Crippen molar-refractivity contribution in [2.75, 3.05) is 33.2 Å². The van der Waals surface area contributed by atoms with Crippen molar-refractivity contribution in [2.24, 2.45) is 0 Å². The summed E-state index contributed by atoms with van der Waals surface area (Å²) in [6.07, 6.45) is 0. The van der Waals surface area contributed by atoms with Crippen molar-refractivity contribution < 1.29 is 5.11 Å². The Labute approximate surface area is 139 Å². The fourth-order valence-electron chi connectivity index (χ4n) is 3.51. The molecular formula is C20H26N2O. The molecule has 0 aromatic heterocycles. The number of likely N-dealkylation sites (N-methyl/N-ethyl adjacent to an activating group) is 1. The van der Waals surface area contributed by atoms with Crippen LogP contribution < -0.4 is 0 Å². The van der Waals surface area contributed by atoms with Crippen LogP contribution in [-0.4, -0.2) is 54.2 Å². The Morgan fingerprint density at radius 3 is 1.70 bits per heavy atom. The molecule has 0 spiro atoms. The standard InChI is InChI=1S/C20H26N2O/c1-17(22-15-13-21(2)14-16-22)20(23,18-9-5-3-6-10-18)19-11-7-4-8-12-19/h3-12,17,23H,13-16H2,1-2H3/t17-/m1/s1. The van der Waals surface area contributed by atoms with Gasteiger partial charge in [0.05, 0.1) is 0 Å². The van der Waals surface area contributed by atoms with E-state index in [9.17, 15) is 5.11 Å². The summed E-state index contributed by atoms with van der Waals surface area (Å²) in [7, 11) is 2.16. The number of benzene rings is 2. The van der Waals surface area contributed by atoms with E-state index in [2.05, 4.69) is 23.8 Å². The second kappa shape index (κ2) is 6.83. The number of nitrogens with zero attached hydrogens (tertiary/aromatic N) is 2. The average molecular weight is 310 g/mol. The SMILES string of the molecule is C[C@@H](N1CCN(C)CC1)C(O)(c1ccccc1)c1ccccc1. The molecule has 0 saturated carbocycles. The second-order valence-electron chi connectivity index (χ2n) is 6.51. The summed E-state index contributed by atoms with van der Waals surface area (Å²) in [5.74, 6) is 0. The summed E-state index contributed by atoms with van der Waals surface area (Å²) in [6.45, 7) is 6.21. The zero-order valence-electron chi connectivity index (χ0n) is 14.0. The van der Waals surface area contributed by atoms with Crippen LogP contribution in [0, 0.1) is 0 Å². The minimum atomic E-state index is -1.00. The van der Waals surface area contributed by atoms with Gasteiger partial charge in [-0.25, -0.2) is 0 Å². The molecule has 1 aliphatic heterocycles. The summed E-state index contributed by atoms with van der Waals surface area (Å²) < 4.78 is 0. The van der Waals surface area contributed by atoms with Crippen molar-refractivity contribution in [3.8, 4) is 0 Å². The molecule has 0 radical (unpaired) electrons. The van der Waals surface area contributed by atoms with Crippen LogP contribution >= 0.6 is 0 Å². The maximum Gasteiger partial charge on any atom is 0.130 e. The highest BCUT2D eigenvalue weighted by Crippen LogP contribution is 2.35. The van der Waals surface area contributed by atoms with Crippen LogP contribution in [0.5, 0.6) is 0 Å². The van der Waals surface area contributed by atoms with Gasteiger partial charge in [0.1, 0.15) is 5.60 Å². The van der Waals surface area contributed by atoms with E-state index in [-0.39, 0.29) is 6.04 Å². The minimum Gasteiger partial charge on any atom is -0.379 e. The predicted octanol–water partition coefficient (Wildman–Crippen LogP) is 2.56. The van der Waals surface area contributed by atoms with Crippen molar-refractivity contribution in [1.29, 1.82) is 0 Å². The van der Waals surface area contributed by atoms with Crippen LogP contribution in [-0.2, 0) is 5.60 Å². The fraction of sp³-hybridized carbons (Fsp3) is 0.400. The lowest BCUT2D eigenvalue weighted by Gasteiger charge is -2.44. The van der Waals surface area contributed by atoms with E-state index in [0.717, 1.165) is 37.3 Å². The minimum absolute atomic E-state index is 0.0148. The zero-order chi connectivity index (χ0) is 16.3. The average Bonchev–Trinajstić information content (AvgIpc) is 2.62. The molecule has 2 aromatic rings. The van der Waals surface area contributed by atoms with E-state index in [1.165, 1.54) is 0 Å². The van der Waals surface area contributed by atoms with Crippen LogP contribution in [0.15, 0.2) is 60.7 Å². The Kier molecular flexibility index (Phi) is 4.81. The van der Waals surface area contributed by atoms with E-state index in [0.29, 0.717) is 0 Å². The van der Waals surface area contributed by atoms with E-state index >= 15 is 0 Å². The van der Waals surface area contributed by atoms with Crippen LogP contribution in [0.4, 0.5) is 0 Å². The normalized spacial score (nSPS) is 18.7. The highest BCUT2D eigenvalue weighted by Gasteiger charge is 2.41. The highest BCUT2D eigenvalue weighted by molar-refractivity contribution is 5.38. The van der Waals surface area contributed by atoms with Gasteiger partial charge in [0.25, 0.3) is 0 Å². The van der Waals surface area contributed by atoms with Gasteiger partial charge in [0.2, 0.25) is 0 Å². The van der Waals surface area contributed by atoms with Crippen molar-refractivity contribution in [3.05, 3.63) is 71.8 Å². The molecule has 23 heavy (non-hydrogen) atoms. The molecule has 1 atom stereocenters. The second-order valence-corrected chi connectivity index (χ2v) is 6.51. The molecule has 0 unspecified atom stereocenters. The molecule has 0 aliphatic carbocycles. The number of piperazine rings is 1. The van der Waals surface area contributed by atoms with Crippen LogP contribution in [0.3, 0.4) is 0 Å². The van der Waals surface area contributed by atoms with Gasteiger partial charge in [-0.3, -0.25) is 4.90 Å². The largest absolute Gasteiger partial charge is 0.379 e. The Morgan fingerprint density at radius 2 is 1.26 bits per heavy atom. The summed E-state index contributed by atoms with van der Waals surface area (Å²) in [4.78, 5) is 4.74. The molecule has 0 amide bonds. The van der Waals surface area contributed by atoms with Crippen molar-refractivity contribution in [1.82, 2.24) is 9.80 Å². The summed E-state index contributed by atoms with van der Waals surface area (Å²) in [5.41, 5.74) is 0.911. The molecule has 3 nitrogen and oxygen atoms in total. The van der Waals surface area contributed by atoms with E-state index in [1.807, 2.05) is 60.7 Å². The van der Waals surface area contributed by atoms with E-state index < -0.39 is 5.60 Å². The van der Waals surface area contributed by atoms with Gasteiger partial charge in [-0.1, -0.05) is 60.7 Å². The maximum atomic E-state index is 11.8. The van der Waals surface area contributed by atoms with Crippen molar-refractivity contribution in [2.45, 2.75) is 18.6 Å². The first-order chi connectivity index (χ1) is 11.1. The molecule has 0 bridgehead atoms. The number of aliphatic hydroxyl groups is 1. The molecule has 3 rings (SSSR count). The van der Waals surface area contributed by atoms with E-state index in [4.69, 9.17) is 0 Å². The monoisotopic (exact) mass is 310 g/mol. The molecule has 1 heterocycles. The summed E-state index contributed by atoms with van der Waals surface area (Å²) >= 11 is 0. The first-order valence-electron chi connectivity index (χ1n) is 8.38. The van der Waals surface area contributed by atoms with Crippen LogP contribution in [0.2, 0.25) is 0 Å². The molecule has 1 aliphatic rings. The Hall–Kier alpha value is -1.68. The van der Waals surface area contributed by atoms with Gasteiger partial charge < -0.3 is 10.0 Å². The third kappa shape index (κ3) is 3.18. The smallest absolute Gasteiger partial charge is 0.130 e. The molecule has 122 valence electrons. The number of hydrogen-bond donors (Lipinski definition) is 1. The van der Waals surface area contributed by atoms with Gasteiger partial charge in [-0.2, -0.15) is 0 Å². The zero-order valence-corrected chi connectivity index (χ0v) is 14.0. The van der Waals surface area contributed by atoms with Gasteiger partial charge >= 0.3 is 0 Å².